The molecule has 0 radical (unpaired) electrons. The smallest absolute Gasteiger partial charge is 0.309 e. The first kappa shape index (κ1) is 19.3. The molecule has 2 aliphatic rings. The van der Waals surface area contributed by atoms with Crippen LogP contribution in [0.2, 0.25) is 0 Å². The second-order valence-electron chi connectivity index (χ2n) is 8.83. The van der Waals surface area contributed by atoms with Crippen LogP contribution >= 0.6 is 0 Å². The van der Waals surface area contributed by atoms with Gasteiger partial charge in [-0.25, -0.2) is 0 Å². The van der Waals surface area contributed by atoms with Crippen LogP contribution in [0.1, 0.15) is 34.1 Å². The van der Waals surface area contributed by atoms with Crippen LogP contribution in [0.4, 0.5) is 0 Å². The third-order valence-corrected chi connectivity index (χ3v) is 6.96. The summed E-state index contributed by atoms with van der Waals surface area (Å²) in [5.74, 6) is 2.71. The average Bonchev–Trinajstić information content (AvgIpc) is 3.46. The maximum absolute atomic E-state index is 12.6. The highest BCUT2D eigenvalue weighted by atomic mass is 16.5. The molecule has 6 heteroatoms. The largest absolute Gasteiger partial charge is 0.493 e. The molecule has 6 nitrogen and oxygen atoms in total. The van der Waals surface area contributed by atoms with Gasteiger partial charge in [-0.1, -0.05) is 0 Å². The van der Waals surface area contributed by atoms with Crippen molar-refractivity contribution in [2.75, 3.05) is 20.8 Å². The Balaban J connectivity index is 1.66. The van der Waals surface area contributed by atoms with Crippen molar-refractivity contribution in [2.45, 2.75) is 26.2 Å². The SMILES string of the molecule is COc1cc(C2c3c(cc(OC)c4oc(C)cc34)C[C@@H]3C(=O)OC[C@H]23)cc2cc(C)oc12. The highest BCUT2D eigenvalue weighted by Gasteiger charge is 2.48. The first-order valence-electron chi connectivity index (χ1n) is 10.8. The van der Waals surface area contributed by atoms with Crippen molar-refractivity contribution in [3.63, 3.8) is 0 Å². The molecule has 3 heterocycles. The van der Waals surface area contributed by atoms with Gasteiger partial charge in [0.05, 0.1) is 26.7 Å². The van der Waals surface area contributed by atoms with Crippen LogP contribution in [-0.2, 0) is 16.0 Å². The first-order chi connectivity index (χ1) is 15.5. The molecule has 2 aromatic carbocycles. The molecule has 1 aliphatic heterocycles. The van der Waals surface area contributed by atoms with Gasteiger partial charge in [0.25, 0.3) is 0 Å². The van der Waals surface area contributed by atoms with Crippen LogP contribution in [0.15, 0.2) is 39.2 Å². The minimum absolute atomic E-state index is 0.0388. The van der Waals surface area contributed by atoms with Gasteiger partial charge in [0.2, 0.25) is 0 Å². The van der Waals surface area contributed by atoms with Gasteiger partial charge in [0.1, 0.15) is 11.5 Å². The van der Waals surface area contributed by atoms with Crippen molar-refractivity contribution in [3.8, 4) is 11.5 Å². The van der Waals surface area contributed by atoms with E-state index in [1.54, 1.807) is 14.2 Å². The predicted octanol–water partition coefficient (Wildman–Crippen LogP) is 5.29. The molecule has 32 heavy (non-hydrogen) atoms. The highest BCUT2D eigenvalue weighted by molar-refractivity contribution is 5.91. The Hall–Kier alpha value is -3.41. The Morgan fingerprint density at radius 2 is 1.62 bits per heavy atom. The van der Waals surface area contributed by atoms with Gasteiger partial charge in [-0.3, -0.25) is 4.79 Å². The number of furan rings is 2. The number of rotatable bonds is 3. The van der Waals surface area contributed by atoms with E-state index in [-0.39, 0.29) is 23.7 Å². The average molecular weight is 432 g/mol. The standard InChI is InChI=1S/C26H24O6/c1-12-5-16-7-14(9-20(28-3)24(16)31-12)23-19-11-30-26(27)17(19)8-15-10-21(29-4)25-18(22(15)23)6-13(2)32-25/h5-7,9-10,17,19,23H,8,11H2,1-4H3/t17-,19-,23?/m0/s1. The van der Waals surface area contributed by atoms with E-state index in [1.165, 1.54) is 5.56 Å². The van der Waals surface area contributed by atoms with E-state index in [9.17, 15) is 4.79 Å². The third-order valence-electron chi connectivity index (χ3n) is 6.96. The second-order valence-corrected chi connectivity index (χ2v) is 8.83. The fourth-order valence-electron chi connectivity index (χ4n) is 5.67. The van der Waals surface area contributed by atoms with Gasteiger partial charge in [-0.15, -0.1) is 0 Å². The van der Waals surface area contributed by atoms with Gasteiger partial charge in [0.15, 0.2) is 22.7 Å². The van der Waals surface area contributed by atoms with Gasteiger partial charge >= 0.3 is 5.97 Å². The molecule has 4 aromatic rings. The molecule has 1 saturated heterocycles. The molecular formula is C26H24O6. The summed E-state index contributed by atoms with van der Waals surface area (Å²) in [5.41, 5.74) is 4.83. The van der Waals surface area contributed by atoms with Crippen molar-refractivity contribution >= 4 is 27.9 Å². The van der Waals surface area contributed by atoms with Gasteiger partial charge in [-0.05, 0) is 67.3 Å². The third kappa shape index (κ3) is 2.62. The van der Waals surface area contributed by atoms with Crippen molar-refractivity contribution in [1.29, 1.82) is 0 Å². The van der Waals surface area contributed by atoms with E-state index >= 15 is 0 Å². The summed E-state index contributed by atoms with van der Waals surface area (Å²) in [6.07, 6.45) is 0.635. The molecule has 2 aromatic heterocycles. The highest BCUT2D eigenvalue weighted by Crippen LogP contribution is 2.52. The topological polar surface area (TPSA) is 71.0 Å². The zero-order valence-electron chi connectivity index (χ0n) is 18.5. The number of benzene rings is 2. The number of cyclic esters (lactones) is 1. The number of aryl methyl sites for hydroxylation is 2. The van der Waals surface area contributed by atoms with E-state index in [0.717, 1.165) is 44.6 Å². The Morgan fingerprint density at radius 3 is 2.41 bits per heavy atom. The van der Waals surface area contributed by atoms with Gasteiger partial charge < -0.3 is 23.0 Å². The molecule has 3 atom stereocenters. The first-order valence-corrected chi connectivity index (χ1v) is 10.8. The molecule has 0 amide bonds. The number of carbonyl (C=O) groups is 1. The summed E-state index contributed by atoms with van der Waals surface area (Å²) in [5, 5.41) is 2.01. The molecule has 0 spiro atoms. The maximum Gasteiger partial charge on any atom is 0.309 e. The summed E-state index contributed by atoms with van der Waals surface area (Å²) in [7, 11) is 3.30. The molecule has 164 valence electrons. The molecule has 6 rings (SSSR count). The number of hydrogen-bond acceptors (Lipinski definition) is 6. The molecule has 0 bridgehead atoms. The summed E-state index contributed by atoms with van der Waals surface area (Å²) >= 11 is 0. The molecular weight excluding hydrogens is 408 g/mol. The molecule has 1 unspecified atom stereocenters. The zero-order valence-corrected chi connectivity index (χ0v) is 18.5. The lowest BCUT2D eigenvalue weighted by Crippen LogP contribution is -2.31. The summed E-state index contributed by atoms with van der Waals surface area (Å²) in [6, 6.07) is 10.3. The van der Waals surface area contributed by atoms with Crippen molar-refractivity contribution in [3.05, 3.63) is 58.5 Å². The lowest BCUT2D eigenvalue weighted by molar-refractivity contribution is -0.141. The minimum Gasteiger partial charge on any atom is -0.493 e. The Kier molecular flexibility index (Phi) is 4.09. The van der Waals surface area contributed by atoms with E-state index in [0.29, 0.717) is 24.5 Å². The number of ether oxygens (including phenoxy) is 3. The fourth-order valence-corrected chi connectivity index (χ4v) is 5.67. The lowest BCUT2D eigenvalue weighted by atomic mass is 9.66. The number of carbonyl (C=O) groups excluding carboxylic acids is 1. The van der Waals surface area contributed by atoms with E-state index in [1.807, 2.05) is 32.0 Å². The molecule has 1 aliphatic carbocycles. The second kappa shape index (κ2) is 6.79. The summed E-state index contributed by atoms with van der Waals surface area (Å²) in [6.45, 7) is 4.28. The molecule has 0 N–H and O–H groups in total. The number of fused-ring (bicyclic) bond motifs is 5. The fraction of sp³-hybridized carbons (Fsp3) is 0.346. The summed E-state index contributed by atoms with van der Waals surface area (Å²) < 4.78 is 28.8. The van der Waals surface area contributed by atoms with Crippen LogP contribution in [0.5, 0.6) is 11.5 Å². The van der Waals surface area contributed by atoms with Gasteiger partial charge in [0, 0.05) is 22.6 Å². The Bertz CT molecular complexity index is 1390. The number of hydrogen-bond donors (Lipinski definition) is 0. The van der Waals surface area contributed by atoms with E-state index in [4.69, 9.17) is 23.0 Å². The monoisotopic (exact) mass is 432 g/mol. The maximum atomic E-state index is 12.6. The van der Waals surface area contributed by atoms with Crippen LogP contribution in [0.25, 0.3) is 21.9 Å². The number of methoxy groups -OCH3 is 2. The van der Waals surface area contributed by atoms with E-state index < -0.39 is 0 Å². The van der Waals surface area contributed by atoms with Gasteiger partial charge in [-0.2, -0.15) is 0 Å². The van der Waals surface area contributed by atoms with Crippen molar-refractivity contribution in [2.24, 2.45) is 11.8 Å². The van der Waals surface area contributed by atoms with E-state index in [2.05, 4.69) is 12.1 Å². The van der Waals surface area contributed by atoms with Crippen LogP contribution in [0.3, 0.4) is 0 Å². The van der Waals surface area contributed by atoms with Crippen LogP contribution in [0, 0.1) is 25.7 Å². The molecule has 1 fully saturated rings. The van der Waals surface area contributed by atoms with Crippen molar-refractivity contribution < 1.29 is 27.8 Å². The quantitative estimate of drug-likeness (QED) is 0.410. The van der Waals surface area contributed by atoms with Crippen LogP contribution < -0.4 is 9.47 Å². The predicted molar refractivity (Wildman–Crippen MR) is 118 cm³/mol. The zero-order chi connectivity index (χ0) is 22.1. The Morgan fingerprint density at radius 1 is 0.906 bits per heavy atom. The van der Waals surface area contributed by atoms with Crippen molar-refractivity contribution in [1.82, 2.24) is 0 Å². The number of esters is 1. The summed E-state index contributed by atoms with van der Waals surface area (Å²) in [4.78, 5) is 12.6. The lowest BCUT2D eigenvalue weighted by Gasteiger charge is -2.34. The van der Waals surface area contributed by atoms with Crippen LogP contribution in [-0.4, -0.2) is 26.8 Å². The minimum atomic E-state index is -0.185. The Labute approximate surface area is 185 Å². The normalized spacial score (nSPS) is 22.1. The molecule has 0 saturated carbocycles.